The molecule has 2 N–H and O–H groups in total. The fourth-order valence-corrected chi connectivity index (χ4v) is 3.39. The highest BCUT2D eigenvalue weighted by Gasteiger charge is 2.17. The Hall–Kier alpha value is -2.67. The lowest BCUT2D eigenvalue weighted by molar-refractivity contribution is -0.136. The van der Waals surface area contributed by atoms with Crippen molar-refractivity contribution in [3.63, 3.8) is 0 Å². The molecule has 2 aromatic rings. The normalized spacial score (nSPS) is 16.4. The number of amides is 1. The third-order valence-corrected chi connectivity index (χ3v) is 4.92. The van der Waals surface area contributed by atoms with Gasteiger partial charge in [-0.3, -0.25) is 9.59 Å². The van der Waals surface area contributed by atoms with E-state index in [0.717, 1.165) is 42.1 Å². The lowest BCUT2D eigenvalue weighted by Crippen LogP contribution is -2.31. The molecular weight excluding hydrogens is 346 g/mol. The van der Waals surface area contributed by atoms with Gasteiger partial charge < -0.3 is 15.2 Å². The molecule has 7 nitrogen and oxygen atoms in total. The Bertz CT molecular complexity index is 820. The molecule has 0 saturated carbocycles. The van der Waals surface area contributed by atoms with Crippen LogP contribution in [0, 0.1) is 13.8 Å². The summed E-state index contributed by atoms with van der Waals surface area (Å²) in [5, 5.41) is 16.3. The molecule has 144 valence electrons. The molecule has 0 unspecified atom stereocenters. The van der Waals surface area contributed by atoms with Crippen molar-refractivity contribution in [3.8, 4) is 5.69 Å². The average molecular weight is 371 g/mol. The molecule has 1 aliphatic rings. The van der Waals surface area contributed by atoms with Crippen LogP contribution in [0.1, 0.15) is 46.6 Å². The van der Waals surface area contributed by atoms with Crippen LogP contribution in [-0.2, 0) is 16.0 Å². The largest absolute Gasteiger partial charge is 0.481 e. The number of hydrogen-bond acceptors (Lipinski definition) is 4. The maximum absolute atomic E-state index is 12.3. The number of hydrogen-bond donors (Lipinski definition) is 2. The minimum Gasteiger partial charge on any atom is -0.481 e. The van der Waals surface area contributed by atoms with Gasteiger partial charge in [0.15, 0.2) is 0 Å². The standard InChI is InChI=1S/C20H25N3O4/c1-13-18(9-10-19(24)25)14(2)23(22-13)16-7-5-15(6-8-16)20(26)21-12-17-4-3-11-27-17/h5-8,17H,3-4,9-12H2,1-2H3,(H,21,26)(H,24,25)/t17-/m0/s1. The van der Waals surface area contributed by atoms with Crippen molar-refractivity contribution < 1.29 is 19.4 Å². The van der Waals surface area contributed by atoms with Gasteiger partial charge in [-0.15, -0.1) is 0 Å². The first-order chi connectivity index (χ1) is 13.0. The summed E-state index contributed by atoms with van der Waals surface area (Å²) in [6.45, 7) is 5.12. The number of nitrogens with zero attached hydrogens (tertiary/aromatic N) is 2. The third-order valence-electron chi connectivity index (χ3n) is 4.92. The van der Waals surface area contributed by atoms with Crippen molar-refractivity contribution in [3.05, 3.63) is 46.8 Å². The number of aromatic nitrogens is 2. The van der Waals surface area contributed by atoms with Crippen LogP contribution in [0.5, 0.6) is 0 Å². The van der Waals surface area contributed by atoms with Crippen LogP contribution in [0.4, 0.5) is 0 Å². The molecule has 2 heterocycles. The number of aliphatic carboxylic acids is 1. The topological polar surface area (TPSA) is 93.5 Å². The van der Waals surface area contributed by atoms with Crippen LogP contribution in [0.3, 0.4) is 0 Å². The van der Waals surface area contributed by atoms with E-state index in [4.69, 9.17) is 9.84 Å². The highest BCUT2D eigenvalue weighted by Crippen LogP contribution is 2.20. The highest BCUT2D eigenvalue weighted by atomic mass is 16.5. The predicted molar refractivity (Wildman–Crippen MR) is 100 cm³/mol. The second-order valence-electron chi connectivity index (χ2n) is 6.85. The second-order valence-corrected chi connectivity index (χ2v) is 6.85. The summed E-state index contributed by atoms with van der Waals surface area (Å²) in [6.07, 6.45) is 2.69. The van der Waals surface area contributed by atoms with Gasteiger partial charge in [-0.1, -0.05) is 0 Å². The fourth-order valence-electron chi connectivity index (χ4n) is 3.39. The summed E-state index contributed by atoms with van der Waals surface area (Å²) in [4.78, 5) is 23.1. The van der Waals surface area contributed by atoms with Gasteiger partial charge in [0, 0.05) is 30.8 Å². The summed E-state index contributed by atoms with van der Waals surface area (Å²) in [5.74, 6) is -0.938. The molecule has 27 heavy (non-hydrogen) atoms. The van der Waals surface area contributed by atoms with Gasteiger partial charge in [-0.25, -0.2) is 4.68 Å². The van der Waals surface area contributed by atoms with Crippen molar-refractivity contribution >= 4 is 11.9 Å². The molecule has 1 atom stereocenters. The van der Waals surface area contributed by atoms with Crippen LogP contribution in [-0.4, -0.2) is 46.0 Å². The van der Waals surface area contributed by atoms with Crippen LogP contribution in [0.2, 0.25) is 0 Å². The van der Waals surface area contributed by atoms with E-state index in [2.05, 4.69) is 10.4 Å². The molecule has 7 heteroatoms. The van der Waals surface area contributed by atoms with Crippen molar-refractivity contribution in [1.29, 1.82) is 0 Å². The Morgan fingerprint density at radius 2 is 2.04 bits per heavy atom. The van der Waals surface area contributed by atoms with E-state index >= 15 is 0 Å². The van der Waals surface area contributed by atoms with E-state index in [1.807, 2.05) is 26.0 Å². The van der Waals surface area contributed by atoms with E-state index in [-0.39, 0.29) is 18.4 Å². The number of carboxylic acid groups (broad SMARTS) is 1. The van der Waals surface area contributed by atoms with Gasteiger partial charge in [0.25, 0.3) is 5.91 Å². The number of aryl methyl sites for hydroxylation is 1. The van der Waals surface area contributed by atoms with Gasteiger partial charge in [-0.2, -0.15) is 5.10 Å². The fraction of sp³-hybridized carbons (Fsp3) is 0.450. The summed E-state index contributed by atoms with van der Waals surface area (Å²) >= 11 is 0. The minimum absolute atomic E-state index is 0.0805. The zero-order valence-electron chi connectivity index (χ0n) is 15.7. The lowest BCUT2D eigenvalue weighted by atomic mass is 10.1. The first-order valence-corrected chi connectivity index (χ1v) is 9.23. The van der Waals surface area contributed by atoms with Gasteiger partial charge in [-0.05, 0) is 62.9 Å². The maximum Gasteiger partial charge on any atom is 0.303 e. The smallest absolute Gasteiger partial charge is 0.303 e. The highest BCUT2D eigenvalue weighted by molar-refractivity contribution is 5.94. The second kappa shape index (κ2) is 8.35. The summed E-state index contributed by atoms with van der Waals surface area (Å²) < 4.78 is 7.31. The molecule has 1 fully saturated rings. The first-order valence-electron chi connectivity index (χ1n) is 9.23. The summed E-state index contributed by atoms with van der Waals surface area (Å²) in [6, 6.07) is 7.24. The third kappa shape index (κ3) is 4.54. The van der Waals surface area contributed by atoms with Gasteiger partial charge in [0.2, 0.25) is 0 Å². The number of benzene rings is 1. The van der Waals surface area contributed by atoms with E-state index < -0.39 is 5.97 Å². The molecule has 1 aliphatic heterocycles. The van der Waals surface area contributed by atoms with E-state index in [0.29, 0.717) is 18.5 Å². The van der Waals surface area contributed by atoms with Crippen molar-refractivity contribution in [2.75, 3.05) is 13.2 Å². The zero-order chi connectivity index (χ0) is 19.4. The maximum atomic E-state index is 12.3. The monoisotopic (exact) mass is 371 g/mol. The molecule has 1 aromatic carbocycles. The molecular formula is C20H25N3O4. The van der Waals surface area contributed by atoms with E-state index in [1.54, 1.807) is 16.8 Å². The molecule has 3 rings (SSSR count). The average Bonchev–Trinajstić information content (AvgIpc) is 3.26. The van der Waals surface area contributed by atoms with Crippen molar-refractivity contribution in [2.24, 2.45) is 0 Å². The number of carbonyl (C=O) groups is 2. The van der Waals surface area contributed by atoms with Crippen molar-refractivity contribution in [1.82, 2.24) is 15.1 Å². The van der Waals surface area contributed by atoms with Crippen LogP contribution in [0.25, 0.3) is 5.69 Å². The van der Waals surface area contributed by atoms with E-state index in [9.17, 15) is 9.59 Å². The Morgan fingerprint density at radius 3 is 2.67 bits per heavy atom. The Balaban J connectivity index is 1.68. The molecule has 1 aromatic heterocycles. The predicted octanol–water partition coefficient (Wildman–Crippen LogP) is 2.42. The number of ether oxygens (including phenoxy) is 1. The molecule has 1 amide bonds. The minimum atomic E-state index is -0.820. The summed E-state index contributed by atoms with van der Waals surface area (Å²) in [7, 11) is 0. The number of nitrogens with one attached hydrogen (secondary N) is 1. The molecule has 0 bridgehead atoms. The number of carboxylic acids is 1. The Kier molecular flexibility index (Phi) is 5.91. The molecule has 0 aliphatic carbocycles. The van der Waals surface area contributed by atoms with Gasteiger partial charge in [0.05, 0.1) is 17.5 Å². The Morgan fingerprint density at radius 1 is 1.30 bits per heavy atom. The van der Waals surface area contributed by atoms with Gasteiger partial charge in [0.1, 0.15) is 0 Å². The Labute approximate surface area is 158 Å². The summed E-state index contributed by atoms with van der Waals surface area (Å²) in [5.41, 5.74) is 4.13. The van der Waals surface area contributed by atoms with Crippen molar-refractivity contribution in [2.45, 2.75) is 45.6 Å². The number of rotatable bonds is 7. The molecule has 0 spiro atoms. The SMILES string of the molecule is Cc1nn(-c2ccc(C(=O)NC[C@@H]3CCCO3)cc2)c(C)c1CCC(=O)O. The zero-order valence-corrected chi connectivity index (χ0v) is 15.7. The van der Waals surface area contributed by atoms with Crippen LogP contribution >= 0.6 is 0 Å². The number of carbonyl (C=O) groups excluding carboxylic acids is 1. The van der Waals surface area contributed by atoms with Crippen LogP contribution in [0.15, 0.2) is 24.3 Å². The first kappa shape index (κ1) is 19.1. The molecule has 0 radical (unpaired) electrons. The van der Waals surface area contributed by atoms with Crippen LogP contribution < -0.4 is 5.32 Å². The quantitative estimate of drug-likeness (QED) is 0.780. The van der Waals surface area contributed by atoms with E-state index in [1.165, 1.54) is 0 Å². The molecule has 1 saturated heterocycles. The van der Waals surface area contributed by atoms with Gasteiger partial charge >= 0.3 is 5.97 Å². The lowest BCUT2D eigenvalue weighted by Gasteiger charge is -2.11.